The predicted octanol–water partition coefficient (Wildman–Crippen LogP) is 1.34. The molecular formula is C12H26N2O. The van der Waals surface area contributed by atoms with Crippen LogP contribution in [-0.4, -0.2) is 49.8 Å². The first-order valence-corrected chi connectivity index (χ1v) is 6.21. The summed E-state index contributed by atoms with van der Waals surface area (Å²) in [4.78, 5) is 2.57. The van der Waals surface area contributed by atoms with E-state index < -0.39 is 0 Å². The van der Waals surface area contributed by atoms with Crippen molar-refractivity contribution in [2.75, 3.05) is 32.8 Å². The van der Waals surface area contributed by atoms with Gasteiger partial charge in [-0.25, -0.2) is 0 Å². The Morgan fingerprint density at radius 2 is 2.13 bits per heavy atom. The molecule has 3 heteroatoms. The molecule has 0 aromatic carbocycles. The number of rotatable bonds is 5. The highest BCUT2D eigenvalue weighted by atomic mass is 16.5. The first-order chi connectivity index (χ1) is 7.15. The lowest BCUT2D eigenvalue weighted by Crippen LogP contribution is -2.55. The molecule has 1 saturated heterocycles. The van der Waals surface area contributed by atoms with Crippen molar-refractivity contribution in [3.63, 3.8) is 0 Å². The lowest BCUT2D eigenvalue weighted by Gasteiger charge is -2.39. The summed E-state index contributed by atoms with van der Waals surface area (Å²) in [5.41, 5.74) is 0. The molecule has 15 heavy (non-hydrogen) atoms. The molecule has 0 amide bonds. The van der Waals surface area contributed by atoms with E-state index in [0.717, 1.165) is 32.8 Å². The summed E-state index contributed by atoms with van der Waals surface area (Å²) in [6.07, 6.45) is 0.356. The second-order valence-corrected chi connectivity index (χ2v) is 4.78. The second kappa shape index (κ2) is 6.46. The van der Waals surface area contributed by atoms with E-state index in [1.54, 1.807) is 0 Å². The van der Waals surface area contributed by atoms with E-state index in [-0.39, 0.29) is 0 Å². The summed E-state index contributed by atoms with van der Waals surface area (Å²) in [5.74, 6) is 0.714. The van der Waals surface area contributed by atoms with Crippen molar-refractivity contribution in [2.24, 2.45) is 5.92 Å². The molecule has 0 saturated carbocycles. The summed E-state index contributed by atoms with van der Waals surface area (Å²) in [6.45, 7) is 14.1. The van der Waals surface area contributed by atoms with Crippen LogP contribution in [0.1, 0.15) is 27.7 Å². The fourth-order valence-electron chi connectivity index (χ4n) is 2.32. The highest BCUT2D eigenvalue weighted by molar-refractivity contribution is 4.83. The largest absolute Gasteiger partial charge is 0.377 e. The van der Waals surface area contributed by atoms with Crippen LogP contribution in [0.25, 0.3) is 0 Å². The quantitative estimate of drug-likeness (QED) is 0.747. The Morgan fingerprint density at radius 3 is 2.73 bits per heavy atom. The smallest absolute Gasteiger partial charge is 0.0673 e. The molecule has 0 aromatic heterocycles. The minimum absolute atomic E-state index is 0.356. The van der Waals surface area contributed by atoms with Gasteiger partial charge in [0, 0.05) is 38.8 Å². The molecule has 0 spiro atoms. The van der Waals surface area contributed by atoms with Crippen LogP contribution in [0.3, 0.4) is 0 Å². The first kappa shape index (κ1) is 12.9. The molecule has 1 heterocycles. The maximum absolute atomic E-state index is 5.61. The molecular weight excluding hydrogens is 188 g/mol. The maximum Gasteiger partial charge on any atom is 0.0673 e. The van der Waals surface area contributed by atoms with Gasteiger partial charge in [0.05, 0.1) is 6.10 Å². The fraction of sp³-hybridized carbons (Fsp3) is 1.00. The number of hydrogen-bond acceptors (Lipinski definition) is 3. The molecule has 1 N–H and O–H groups in total. The number of nitrogens with zero attached hydrogens (tertiary/aromatic N) is 1. The molecule has 0 aliphatic carbocycles. The fourth-order valence-corrected chi connectivity index (χ4v) is 2.32. The summed E-state index contributed by atoms with van der Waals surface area (Å²) >= 11 is 0. The van der Waals surface area contributed by atoms with Gasteiger partial charge in [-0.1, -0.05) is 13.8 Å². The Labute approximate surface area is 94.2 Å². The van der Waals surface area contributed by atoms with Gasteiger partial charge in [0.2, 0.25) is 0 Å². The van der Waals surface area contributed by atoms with Crippen LogP contribution in [-0.2, 0) is 4.74 Å². The van der Waals surface area contributed by atoms with Gasteiger partial charge in [-0.3, -0.25) is 4.90 Å². The van der Waals surface area contributed by atoms with Crippen molar-refractivity contribution in [1.29, 1.82) is 0 Å². The minimum atomic E-state index is 0.356. The highest BCUT2D eigenvalue weighted by Crippen LogP contribution is 2.13. The second-order valence-electron chi connectivity index (χ2n) is 4.78. The zero-order chi connectivity index (χ0) is 11.3. The maximum atomic E-state index is 5.61. The van der Waals surface area contributed by atoms with E-state index in [4.69, 9.17) is 4.74 Å². The first-order valence-electron chi connectivity index (χ1n) is 6.21. The van der Waals surface area contributed by atoms with Crippen molar-refractivity contribution in [1.82, 2.24) is 10.2 Å². The Balaban J connectivity index is 2.42. The molecule has 1 rings (SSSR count). The zero-order valence-corrected chi connectivity index (χ0v) is 10.6. The number of hydrogen-bond donors (Lipinski definition) is 1. The van der Waals surface area contributed by atoms with Crippen molar-refractivity contribution in [2.45, 2.75) is 39.8 Å². The van der Waals surface area contributed by atoms with E-state index in [1.807, 2.05) is 0 Å². The Hall–Kier alpha value is -0.120. The van der Waals surface area contributed by atoms with Gasteiger partial charge >= 0.3 is 0 Å². The topological polar surface area (TPSA) is 24.5 Å². The third-order valence-electron chi connectivity index (χ3n) is 3.11. The van der Waals surface area contributed by atoms with Crippen molar-refractivity contribution >= 4 is 0 Å². The van der Waals surface area contributed by atoms with Gasteiger partial charge in [0.25, 0.3) is 0 Å². The van der Waals surface area contributed by atoms with Crippen molar-refractivity contribution in [3.8, 4) is 0 Å². The van der Waals surface area contributed by atoms with Crippen LogP contribution in [0, 0.1) is 5.92 Å². The van der Waals surface area contributed by atoms with Crippen LogP contribution in [0.2, 0.25) is 0 Å². The van der Waals surface area contributed by atoms with Gasteiger partial charge in [-0.05, 0) is 19.8 Å². The van der Waals surface area contributed by atoms with Crippen molar-refractivity contribution in [3.05, 3.63) is 0 Å². The van der Waals surface area contributed by atoms with Gasteiger partial charge in [0.1, 0.15) is 0 Å². The lowest BCUT2D eigenvalue weighted by atomic mass is 10.0. The van der Waals surface area contributed by atoms with Crippen LogP contribution in [0.5, 0.6) is 0 Å². The summed E-state index contributed by atoms with van der Waals surface area (Å²) in [5, 5.41) is 3.47. The number of ether oxygens (including phenoxy) is 1. The number of nitrogens with one attached hydrogen (secondary N) is 1. The van der Waals surface area contributed by atoms with Gasteiger partial charge in [-0.15, -0.1) is 0 Å². The summed E-state index contributed by atoms with van der Waals surface area (Å²) < 4.78 is 5.61. The van der Waals surface area contributed by atoms with E-state index in [1.165, 1.54) is 0 Å². The molecule has 0 bridgehead atoms. The molecule has 3 nitrogen and oxygen atoms in total. The predicted molar refractivity (Wildman–Crippen MR) is 64.2 cm³/mol. The van der Waals surface area contributed by atoms with Gasteiger partial charge < -0.3 is 10.1 Å². The molecule has 1 fully saturated rings. The molecule has 2 atom stereocenters. The molecule has 0 radical (unpaired) electrons. The summed E-state index contributed by atoms with van der Waals surface area (Å²) in [7, 11) is 0. The molecule has 0 aromatic rings. The Bertz CT molecular complexity index is 173. The number of piperazine rings is 1. The monoisotopic (exact) mass is 214 g/mol. The van der Waals surface area contributed by atoms with E-state index in [9.17, 15) is 0 Å². The third kappa shape index (κ3) is 4.09. The normalized spacial score (nSPS) is 25.8. The molecule has 1 aliphatic rings. The van der Waals surface area contributed by atoms with Gasteiger partial charge in [0.15, 0.2) is 0 Å². The van der Waals surface area contributed by atoms with E-state index >= 15 is 0 Å². The highest BCUT2D eigenvalue weighted by Gasteiger charge is 2.25. The van der Waals surface area contributed by atoms with Crippen LogP contribution < -0.4 is 5.32 Å². The lowest BCUT2D eigenvalue weighted by molar-refractivity contribution is 0.0186. The standard InChI is InChI=1S/C12H26N2O/c1-5-15-11(4)9-14-7-6-13-8-12(14)10(2)3/h10-13H,5-9H2,1-4H3. The SMILES string of the molecule is CCOC(C)CN1CCNCC1C(C)C. The zero-order valence-electron chi connectivity index (χ0n) is 10.6. The molecule has 2 unspecified atom stereocenters. The average molecular weight is 214 g/mol. The van der Waals surface area contributed by atoms with E-state index in [2.05, 4.69) is 37.9 Å². The Kier molecular flexibility index (Phi) is 5.58. The van der Waals surface area contributed by atoms with E-state index in [0.29, 0.717) is 18.1 Å². The van der Waals surface area contributed by atoms with Crippen molar-refractivity contribution < 1.29 is 4.74 Å². The molecule has 90 valence electrons. The summed E-state index contributed by atoms with van der Waals surface area (Å²) in [6, 6.07) is 0.668. The van der Waals surface area contributed by atoms with Crippen LogP contribution in [0.4, 0.5) is 0 Å². The Morgan fingerprint density at radius 1 is 1.40 bits per heavy atom. The molecule has 1 aliphatic heterocycles. The third-order valence-corrected chi connectivity index (χ3v) is 3.11. The van der Waals surface area contributed by atoms with Crippen LogP contribution >= 0.6 is 0 Å². The van der Waals surface area contributed by atoms with Gasteiger partial charge in [-0.2, -0.15) is 0 Å². The minimum Gasteiger partial charge on any atom is -0.377 e. The van der Waals surface area contributed by atoms with Crippen LogP contribution in [0.15, 0.2) is 0 Å². The average Bonchev–Trinajstić information content (AvgIpc) is 2.18.